The van der Waals surface area contributed by atoms with Gasteiger partial charge in [-0.2, -0.15) is 0 Å². The van der Waals surface area contributed by atoms with Gasteiger partial charge in [0.1, 0.15) is 11.6 Å². The molecule has 1 saturated heterocycles. The van der Waals surface area contributed by atoms with E-state index in [0.29, 0.717) is 18.8 Å². The van der Waals surface area contributed by atoms with Gasteiger partial charge in [0.05, 0.1) is 6.04 Å². The first kappa shape index (κ1) is 17.3. The Morgan fingerprint density at radius 3 is 2.60 bits per heavy atom. The van der Waals surface area contributed by atoms with Crippen LogP contribution in [-0.2, 0) is 9.53 Å². The maximum Gasteiger partial charge on any atom is 0.407 e. The predicted octanol–water partition coefficient (Wildman–Crippen LogP) is 2.50. The van der Waals surface area contributed by atoms with E-state index in [0.717, 1.165) is 10.9 Å². The highest BCUT2D eigenvalue weighted by atomic mass is 16.6. The first-order valence-corrected chi connectivity index (χ1v) is 8.27. The lowest BCUT2D eigenvalue weighted by Gasteiger charge is -2.42. The summed E-state index contributed by atoms with van der Waals surface area (Å²) in [6.45, 7) is 6.33. The molecular weight excluding hydrogens is 322 g/mol. The van der Waals surface area contributed by atoms with Crippen LogP contribution in [0.5, 0.6) is 0 Å². The Morgan fingerprint density at radius 2 is 2.00 bits per heavy atom. The number of para-hydroxylation sites is 1. The van der Waals surface area contributed by atoms with E-state index < -0.39 is 23.7 Å². The van der Waals surface area contributed by atoms with Gasteiger partial charge < -0.3 is 20.1 Å². The first-order valence-electron chi connectivity index (χ1n) is 8.27. The third kappa shape index (κ3) is 3.93. The second-order valence-corrected chi connectivity index (χ2v) is 7.35. The van der Waals surface area contributed by atoms with Gasteiger partial charge in [-0.15, -0.1) is 0 Å². The Balaban J connectivity index is 1.64. The Labute approximate surface area is 146 Å². The molecule has 134 valence electrons. The molecule has 1 aromatic heterocycles. The van der Waals surface area contributed by atoms with Crippen molar-refractivity contribution in [2.45, 2.75) is 38.5 Å². The minimum atomic E-state index is -0.915. The van der Waals surface area contributed by atoms with Crippen LogP contribution >= 0.6 is 0 Å². The second-order valence-electron chi connectivity index (χ2n) is 7.35. The number of carboxylic acid groups (broad SMARTS) is 1. The number of hydrogen-bond acceptors (Lipinski definition) is 4. The number of hydrogen-bond donors (Lipinski definition) is 3. The zero-order valence-electron chi connectivity index (χ0n) is 14.6. The normalized spacial score (nSPS) is 17.1. The third-order valence-corrected chi connectivity index (χ3v) is 4.08. The van der Waals surface area contributed by atoms with Crippen molar-refractivity contribution in [3.8, 4) is 0 Å². The van der Waals surface area contributed by atoms with Gasteiger partial charge in [0.2, 0.25) is 0 Å². The number of H-pyrrole nitrogens is 1. The van der Waals surface area contributed by atoms with Crippen molar-refractivity contribution in [3.05, 3.63) is 36.0 Å². The lowest BCUT2D eigenvalue weighted by Crippen LogP contribution is -2.61. The highest BCUT2D eigenvalue weighted by molar-refractivity contribution is 5.83. The molecule has 1 aliphatic heterocycles. The minimum absolute atomic E-state index is 0.110. The van der Waals surface area contributed by atoms with Crippen LogP contribution in [0.25, 0.3) is 10.9 Å². The standard InChI is InChI=1S/C18H23N3O4/c1-18(2,3)25-17(24)19-12-9-21(10-12)15(16(22)23)14-8-11-6-4-5-7-13(11)20-14/h4-8,12,15,20H,9-10H2,1-3H3,(H,19,24)(H,22,23)/t15-/m1/s1. The van der Waals surface area contributed by atoms with Gasteiger partial charge in [0, 0.05) is 24.3 Å². The first-order chi connectivity index (χ1) is 11.7. The van der Waals surface area contributed by atoms with E-state index in [9.17, 15) is 14.7 Å². The van der Waals surface area contributed by atoms with Gasteiger partial charge in [-0.1, -0.05) is 18.2 Å². The average Bonchev–Trinajstić information content (AvgIpc) is 2.85. The summed E-state index contributed by atoms with van der Waals surface area (Å²) in [4.78, 5) is 28.5. The number of carbonyl (C=O) groups is 2. The SMILES string of the molecule is CC(C)(C)OC(=O)NC1CN([C@@H](C(=O)O)c2cc3ccccc3[nH]2)C1. The van der Waals surface area contributed by atoms with Crippen LogP contribution in [0.15, 0.2) is 30.3 Å². The number of aromatic nitrogens is 1. The molecule has 0 unspecified atom stereocenters. The fourth-order valence-electron chi connectivity index (χ4n) is 3.02. The zero-order valence-corrected chi connectivity index (χ0v) is 14.6. The fraction of sp³-hybridized carbons (Fsp3) is 0.444. The molecule has 7 heteroatoms. The smallest absolute Gasteiger partial charge is 0.407 e. The molecule has 2 aromatic rings. The van der Waals surface area contributed by atoms with E-state index in [1.807, 2.05) is 35.2 Å². The number of amides is 1. The number of aliphatic carboxylic acids is 1. The average molecular weight is 345 g/mol. The molecule has 1 atom stereocenters. The maximum atomic E-state index is 11.8. The van der Waals surface area contributed by atoms with Gasteiger partial charge in [0.15, 0.2) is 0 Å². The number of carboxylic acids is 1. The van der Waals surface area contributed by atoms with Gasteiger partial charge in [-0.05, 0) is 38.3 Å². The third-order valence-electron chi connectivity index (χ3n) is 4.08. The maximum absolute atomic E-state index is 11.8. The Morgan fingerprint density at radius 1 is 1.32 bits per heavy atom. The monoisotopic (exact) mass is 345 g/mol. The number of aromatic amines is 1. The lowest BCUT2D eigenvalue weighted by molar-refractivity contribution is -0.146. The van der Waals surface area contributed by atoms with E-state index in [-0.39, 0.29) is 6.04 Å². The summed E-state index contributed by atoms with van der Waals surface area (Å²) in [5.74, 6) is -0.915. The number of likely N-dealkylation sites (tertiary alicyclic amines) is 1. The molecular formula is C18H23N3O4. The number of ether oxygens (including phenoxy) is 1. The molecule has 3 N–H and O–H groups in total. The summed E-state index contributed by atoms with van der Waals surface area (Å²) in [6, 6.07) is 8.68. The van der Waals surface area contributed by atoms with Gasteiger partial charge >= 0.3 is 12.1 Å². The number of rotatable bonds is 4. The number of carbonyl (C=O) groups excluding carboxylic acids is 1. The van der Waals surface area contributed by atoms with Crippen molar-refractivity contribution in [2.24, 2.45) is 0 Å². The van der Waals surface area contributed by atoms with E-state index in [1.165, 1.54) is 0 Å². The summed E-state index contributed by atoms with van der Waals surface area (Å²) in [5.41, 5.74) is 0.999. The fourth-order valence-corrected chi connectivity index (χ4v) is 3.02. The van der Waals surface area contributed by atoms with Crippen LogP contribution in [-0.4, -0.2) is 51.8 Å². The van der Waals surface area contributed by atoms with Crippen molar-refractivity contribution in [1.82, 2.24) is 15.2 Å². The molecule has 1 aliphatic rings. The van der Waals surface area contributed by atoms with Crippen LogP contribution in [0.2, 0.25) is 0 Å². The highest BCUT2D eigenvalue weighted by Crippen LogP contribution is 2.28. The molecule has 0 aliphatic carbocycles. The number of benzene rings is 1. The molecule has 1 aromatic carbocycles. The van der Waals surface area contributed by atoms with Crippen LogP contribution in [0.1, 0.15) is 32.5 Å². The van der Waals surface area contributed by atoms with E-state index >= 15 is 0 Å². The highest BCUT2D eigenvalue weighted by Gasteiger charge is 2.39. The summed E-state index contributed by atoms with van der Waals surface area (Å²) in [5, 5.41) is 13.4. The summed E-state index contributed by atoms with van der Waals surface area (Å²) < 4.78 is 5.22. The van der Waals surface area contributed by atoms with Crippen molar-refractivity contribution >= 4 is 23.0 Å². The Kier molecular flexibility index (Phi) is 4.43. The summed E-state index contributed by atoms with van der Waals surface area (Å²) in [6.07, 6.45) is -0.477. The molecule has 2 heterocycles. The van der Waals surface area contributed by atoms with Crippen molar-refractivity contribution in [3.63, 3.8) is 0 Å². The van der Waals surface area contributed by atoms with E-state index in [2.05, 4.69) is 10.3 Å². The molecule has 7 nitrogen and oxygen atoms in total. The second kappa shape index (κ2) is 6.40. The molecule has 0 saturated carbocycles. The molecule has 0 spiro atoms. The summed E-state index contributed by atoms with van der Waals surface area (Å²) >= 11 is 0. The molecule has 0 radical (unpaired) electrons. The van der Waals surface area contributed by atoms with E-state index in [4.69, 9.17) is 4.74 Å². The quantitative estimate of drug-likeness (QED) is 0.791. The Bertz CT molecular complexity index is 754. The lowest BCUT2D eigenvalue weighted by atomic mass is 10.0. The van der Waals surface area contributed by atoms with E-state index in [1.54, 1.807) is 20.8 Å². The topological polar surface area (TPSA) is 94.7 Å². The number of fused-ring (bicyclic) bond motifs is 1. The number of nitrogens with zero attached hydrogens (tertiary/aromatic N) is 1. The molecule has 1 amide bonds. The van der Waals surface area contributed by atoms with Crippen molar-refractivity contribution in [2.75, 3.05) is 13.1 Å². The largest absolute Gasteiger partial charge is 0.480 e. The Hall–Kier alpha value is -2.54. The number of nitrogens with one attached hydrogen (secondary N) is 2. The van der Waals surface area contributed by atoms with Crippen LogP contribution in [0.4, 0.5) is 4.79 Å². The van der Waals surface area contributed by atoms with Crippen molar-refractivity contribution in [1.29, 1.82) is 0 Å². The van der Waals surface area contributed by atoms with Gasteiger partial charge in [0.25, 0.3) is 0 Å². The van der Waals surface area contributed by atoms with Crippen LogP contribution in [0.3, 0.4) is 0 Å². The predicted molar refractivity (Wildman–Crippen MR) is 93.4 cm³/mol. The van der Waals surface area contributed by atoms with Gasteiger partial charge in [-0.25, -0.2) is 4.79 Å². The summed E-state index contributed by atoms with van der Waals surface area (Å²) in [7, 11) is 0. The molecule has 25 heavy (non-hydrogen) atoms. The zero-order chi connectivity index (χ0) is 18.2. The molecule has 1 fully saturated rings. The minimum Gasteiger partial charge on any atom is -0.480 e. The van der Waals surface area contributed by atoms with Crippen LogP contribution < -0.4 is 5.32 Å². The van der Waals surface area contributed by atoms with Gasteiger partial charge in [-0.3, -0.25) is 9.69 Å². The molecule has 0 bridgehead atoms. The van der Waals surface area contributed by atoms with Crippen LogP contribution in [0, 0.1) is 0 Å². The molecule has 3 rings (SSSR count). The van der Waals surface area contributed by atoms with Crippen molar-refractivity contribution < 1.29 is 19.4 Å². The number of alkyl carbamates (subject to hydrolysis) is 1.